The summed E-state index contributed by atoms with van der Waals surface area (Å²) in [6.45, 7) is -2.48. The van der Waals surface area contributed by atoms with Crippen molar-refractivity contribution in [3.05, 3.63) is 0 Å². The summed E-state index contributed by atoms with van der Waals surface area (Å²) in [6.07, 6.45) is -16.3. The second-order valence-electron chi connectivity index (χ2n) is 14.8. The molecule has 0 saturated heterocycles. The van der Waals surface area contributed by atoms with Gasteiger partial charge < -0.3 is 39.2 Å². The molecule has 0 radical (unpaired) electrons. The van der Waals surface area contributed by atoms with Crippen molar-refractivity contribution in [3.8, 4) is 24.6 Å². The SMILES string of the molecule is CCC(=O)OCCCCCCOP(=O)(OCCC#N)C(COP(=O)(OCCC#N)OCCCCCCO)OCC(CCCNC(=O)C(F)(F)F)(CCCC(F)(F)F)CCCC(F)(F)F.N#CO.N#CO. The molecular weight excluding hydrogens is 1010 g/mol. The van der Waals surface area contributed by atoms with Gasteiger partial charge in [0, 0.05) is 32.4 Å². The summed E-state index contributed by atoms with van der Waals surface area (Å²) >= 11 is 0. The van der Waals surface area contributed by atoms with E-state index in [-0.39, 0.29) is 65.0 Å². The van der Waals surface area contributed by atoms with Crippen LogP contribution in [0.1, 0.15) is 129 Å². The average Bonchev–Trinajstić information content (AvgIpc) is 3.26. The molecule has 0 heterocycles. The fourth-order valence-corrected chi connectivity index (χ4v) is 8.84. The number of aliphatic hydroxyl groups is 3. The van der Waals surface area contributed by atoms with Crippen molar-refractivity contribution in [2.75, 3.05) is 59.4 Å². The van der Waals surface area contributed by atoms with Gasteiger partial charge in [0.1, 0.15) is 0 Å². The predicted molar refractivity (Wildman–Crippen MR) is 226 cm³/mol. The number of halogens is 9. The fourth-order valence-electron chi connectivity index (χ4n) is 5.86. The molecule has 1 amide bonds. The Morgan fingerprint density at radius 2 is 1.06 bits per heavy atom. The first-order valence-corrected chi connectivity index (χ1v) is 25.0. The Hall–Kier alpha value is -3.95. The summed E-state index contributed by atoms with van der Waals surface area (Å²) in [5, 5.41) is 56.4. The number of ether oxygens (including phenoxy) is 2. The number of alkyl halides is 9. The minimum Gasteiger partial charge on any atom is -0.466 e. The number of unbranched alkanes of at least 4 members (excludes halogenated alkanes) is 6. The quantitative estimate of drug-likeness (QED) is 0.0146. The highest BCUT2D eigenvalue weighted by Crippen LogP contribution is 2.58. The molecule has 70 heavy (non-hydrogen) atoms. The van der Waals surface area contributed by atoms with E-state index in [1.807, 2.05) is 0 Å². The van der Waals surface area contributed by atoms with Gasteiger partial charge in [-0.25, -0.2) is 4.57 Å². The monoisotopic (exact) mass is 1070 g/mol. The second-order valence-corrected chi connectivity index (χ2v) is 18.7. The summed E-state index contributed by atoms with van der Waals surface area (Å²) < 4.78 is 186. The number of hydrogen-bond donors (Lipinski definition) is 4. The summed E-state index contributed by atoms with van der Waals surface area (Å²) in [5.41, 5.74) is -1.71. The number of nitrogens with zero attached hydrogens (tertiary/aromatic N) is 4. The Morgan fingerprint density at radius 3 is 1.53 bits per heavy atom. The lowest BCUT2D eigenvalue weighted by atomic mass is 9.75. The molecule has 0 bridgehead atoms. The number of esters is 1. The van der Waals surface area contributed by atoms with E-state index in [1.165, 1.54) is 0 Å². The Kier molecular flexibility index (Phi) is 40.8. The van der Waals surface area contributed by atoms with Gasteiger partial charge in [0.05, 0.1) is 71.2 Å². The standard InChI is InChI=1S/C38H62F9N3O12P2.2CHNO/c1-2-32(52)56-25-8-5-6-9-26-58-63(54,59-28-14-21-48)33(30-62-64(55,61-29-15-22-49)60-27-10-4-3-7-24-51)57-31-35(16-11-19-36(39,40)41,17-12-20-37(42,43)44)18-13-23-50-34(53)38(45,46)47;2*2-1-3/h33,51H,2-20,23-31H2,1H3,(H,50,53);2*3H. The first-order chi connectivity index (χ1) is 32.8. The van der Waals surface area contributed by atoms with Gasteiger partial charge in [-0.3, -0.25) is 27.7 Å². The van der Waals surface area contributed by atoms with Gasteiger partial charge in [-0.2, -0.15) is 60.6 Å². The van der Waals surface area contributed by atoms with Crippen molar-refractivity contribution in [1.29, 1.82) is 21.0 Å². The molecule has 3 unspecified atom stereocenters. The predicted octanol–water partition coefficient (Wildman–Crippen LogP) is 10.2. The molecule has 0 aromatic carbocycles. The molecule has 0 spiro atoms. The molecule has 0 saturated carbocycles. The highest BCUT2D eigenvalue weighted by Gasteiger charge is 2.44. The van der Waals surface area contributed by atoms with E-state index >= 15 is 0 Å². The minimum absolute atomic E-state index is 0.0730. The Bertz CT molecular complexity index is 1640. The third kappa shape index (κ3) is 40.7. The highest BCUT2D eigenvalue weighted by atomic mass is 31.2. The lowest BCUT2D eigenvalue weighted by Crippen LogP contribution is -2.38. The highest BCUT2D eigenvalue weighted by molar-refractivity contribution is 7.54. The van der Waals surface area contributed by atoms with Crippen molar-refractivity contribution < 1.29 is 106 Å². The molecular formula is C40H64F9N5O14P2. The number of hydrogen-bond acceptors (Lipinski definition) is 18. The first kappa shape index (κ1) is 70.3. The van der Waals surface area contributed by atoms with Crippen LogP contribution in [0.3, 0.4) is 0 Å². The van der Waals surface area contributed by atoms with E-state index in [9.17, 15) is 63.5 Å². The Labute approximate surface area is 401 Å². The molecule has 19 nitrogen and oxygen atoms in total. The van der Waals surface area contributed by atoms with Crippen molar-refractivity contribution >= 4 is 27.3 Å². The molecule has 3 atom stereocenters. The van der Waals surface area contributed by atoms with Crippen molar-refractivity contribution in [2.24, 2.45) is 5.41 Å². The molecule has 406 valence electrons. The van der Waals surface area contributed by atoms with Gasteiger partial charge in [-0.05, 0) is 76.0 Å². The van der Waals surface area contributed by atoms with Crippen molar-refractivity contribution in [2.45, 2.75) is 153 Å². The number of carbonyl (C=O) groups excluding carboxylic acids is 2. The zero-order valence-corrected chi connectivity index (χ0v) is 40.6. The number of phosphoric ester groups is 1. The summed E-state index contributed by atoms with van der Waals surface area (Å²) in [4.78, 5) is 22.9. The average molecular weight is 1070 g/mol. The van der Waals surface area contributed by atoms with Crippen LogP contribution in [0, 0.1) is 51.1 Å². The molecule has 0 fully saturated rings. The van der Waals surface area contributed by atoms with E-state index in [0.717, 1.165) is 12.5 Å². The van der Waals surface area contributed by atoms with Crippen LogP contribution in [-0.4, -0.2) is 111 Å². The number of amides is 1. The molecule has 0 aliphatic rings. The Morgan fingerprint density at radius 1 is 0.614 bits per heavy atom. The van der Waals surface area contributed by atoms with Crippen LogP contribution in [0.25, 0.3) is 0 Å². The third-order valence-electron chi connectivity index (χ3n) is 9.18. The topological polar surface area (TPSA) is 301 Å². The molecule has 0 aliphatic carbocycles. The smallest absolute Gasteiger partial charge is 0.466 e. The van der Waals surface area contributed by atoms with E-state index in [4.69, 9.17) is 63.2 Å². The molecule has 0 aromatic rings. The van der Waals surface area contributed by atoms with Crippen molar-refractivity contribution in [3.63, 3.8) is 0 Å². The minimum atomic E-state index is -5.29. The number of rotatable bonds is 39. The largest absolute Gasteiger partial charge is 0.474 e. The molecule has 0 rings (SSSR count). The van der Waals surface area contributed by atoms with Gasteiger partial charge in [0.15, 0.2) is 5.85 Å². The van der Waals surface area contributed by atoms with Crippen LogP contribution in [0.15, 0.2) is 0 Å². The Balaban J connectivity index is -0.00000707. The van der Waals surface area contributed by atoms with Crippen molar-refractivity contribution in [1.82, 2.24) is 5.32 Å². The lowest BCUT2D eigenvalue weighted by molar-refractivity contribution is -0.173. The van der Waals surface area contributed by atoms with E-state index in [2.05, 4.69) is 0 Å². The van der Waals surface area contributed by atoms with Gasteiger partial charge in [-0.15, -0.1) is 0 Å². The number of nitriles is 4. The normalized spacial score (nSPS) is 13.8. The maximum atomic E-state index is 14.7. The van der Waals surface area contributed by atoms with Crippen LogP contribution < -0.4 is 5.32 Å². The molecule has 30 heteroatoms. The van der Waals surface area contributed by atoms with Crippen LogP contribution in [0.4, 0.5) is 39.5 Å². The fraction of sp³-hybridized carbons (Fsp3) is 0.850. The van der Waals surface area contributed by atoms with Gasteiger partial charge >= 0.3 is 45.8 Å². The summed E-state index contributed by atoms with van der Waals surface area (Å²) in [5.74, 6) is -4.73. The summed E-state index contributed by atoms with van der Waals surface area (Å²) in [7, 11) is -9.45. The van der Waals surface area contributed by atoms with Crippen LogP contribution >= 0.6 is 15.4 Å². The molecule has 0 aliphatic heterocycles. The van der Waals surface area contributed by atoms with E-state index in [1.54, 1.807) is 24.4 Å². The number of aliphatic hydroxyl groups excluding tert-OH is 3. The lowest BCUT2D eigenvalue weighted by Gasteiger charge is -2.37. The number of phosphoric acid groups is 1. The third-order valence-corrected chi connectivity index (χ3v) is 12.7. The first-order valence-electron chi connectivity index (χ1n) is 21.9. The second kappa shape index (κ2) is 40.6. The van der Waals surface area contributed by atoms with Crippen LogP contribution in [0.5, 0.6) is 0 Å². The zero-order chi connectivity index (χ0) is 54.0. The van der Waals surface area contributed by atoms with E-state index in [0.29, 0.717) is 38.5 Å². The van der Waals surface area contributed by atoms with Gasteiger partial charge in [-0.1, -0.05) is 26.2 Å². The van der Waals surface area contributed by atoms with Crippen LogP contribution in [0.2, 0.25) is 0 Å². The van der Waals surface area contributed by atoms with Gasteiger partial charge in [0.2, 0.25) is 0 Å². The maximum Gasteiger partial charge on any atom is 0.474 e. The summed E-state index contributed by atoms with van der Waals surface area (Å²) in [6, 6.07) is 3.53. The van der Waals surface area contributed by atoms with E-state index < -0.39 is 135 Å². The zero-order valence-electron chi connectivity index (χ0n) is 38.8. The molecule has 4 N–H and O–H groups in total. The van der Waals surface area contributed by atoms with Gasteiger partial charge in [0.25, 0.3) is 12.5 Å². The number of carbonyl (C=O) groups is 2. The number of nitrogens with one attached hydrogen (secondary N) is 1. The van der Waals surface area contributed by atoms with Crippen LogP contribution in [-0.2, 0) is 50.8 Å². The maximum absolute atomic E-state index is 14.7. The molecule has 0 aromatic heterocycles.